The zero-order chi connectivity index (χ0) is 42.3. The Morgan fingerprint density at radius 3 is 1.41 bits per heavy atom. The number of H-pyrrole nitrogens is 2. The molecule has 0 saturated carbocycles. The molecule has 0 aliphatic carbocycles. The van der Waals surface area contributed by atoms with Crippen LogP contribution >= 0.6 is 0 Å². The fourth-order valence-electron chi connectivity index (χ4n) is 7.71. The first-order valence-corrected chi connectivity index (χ1v) is 20.8. The van der Waals surface area contributed by atoms with Gasteiger partial charge in [0.25, 0.3) is 0 Å². The van der Waals surface area contributed by atoms with Crippen LogP contribution in [0.15, 0.2) is 24.3 Å². The van der Waals surface area contributed by atoms with Crippen LogP contribution in [0.25, 0.3) is 44.4 Å². The van der Waals surface area contributed by atoms with E-state index >= 15 is 0 Å². The average molecular weight is 797 g/mol. The fraction of sp³-hybridized carbons (Fsp3) is 0.522. The number of hydrogen-bond acceptors (Lipinski definition) is 8. The summed E-state index contributed by atoms with van der Waals surface area (Å²) in [7, 11) is 0. The summed E-state index contributed by atoms with van der Waals surface area (Å²) >= 11 is 0. The number of ether oxygens (including phenoxy) is 2. The smallest absolute Gasteiger partial charge is 0.220 e. The Morgan fingerprint density at radius 1 is 0.603 bits per heavy atom. The number of aliphatic hydroxyl groups excluding tert-OH is 2. The molecule has 0 fully saturated rings. The third-order valence-electron chi connectivity index (χ3n) is 10.9. The summed E-state index contributed by atoms with van der Waals surface area (Å²) in [4.78, 5) is 43.5. The summed E-state index contributed by atoms with van der Waals surface area (Å²) in [6, 6.07) is 8.31. The zero-order valence-corrected chi connectivity index (χ0v) is 36.1. The van der Waals surface area contributed by atoms with Crippen molar-refractivity contribution in [1.29, 1.82) is 0 Å². The van der Waals surface area contributed by atoms with Crippen molar-refractivity contribution in [3.63, 3.8) is 0 Å². The summed E-state index contributed by atoms with van der Waals surface area (Å²) in [5, 5.41) is 24.1. The number of carbonyl (C=O) groups excluding carboxylic acids is 2. The molecule has 0 aromatic carbocycles. The van der Waals surface area contributed by atoms with E-state index in [1.165, 1.54) is 0 Å². The van der Waals surface area contributed by atoms with Crippen molar-refractivity contribution in [2.24, 2.45) is 11.8 Å². The number of rotatable bonds is 18. The first-order chi connectivity index (χ1) is 27.6. The number of fused-ring (bicyclic) bond motifs is 8. The van der Waals surface area contributed by atoms with Crippen molar-refractivity contribution < 1.29 is 29.3 Å². The molecule has 2 atom stereocenters. The van der Waals surface area contributed by atoms with Crippen LogP contribution in [0.1, 0.15) is 138 Å². The Kier molecular flexibility index (Phi) is 15.3. The summed E-state index contributed by atoms with van der Waals surface area (Å²) in [6.07, 6.45) is 0.912. The number of hydrogen-bond donors (Lipinski definition) is 6. The molecule has 0 radical (unpaired) electrons. The SMILES string of the molecule is CC1=C(CCC(=O)NCCO)c2cc3nc(cc4[nH]c(cc5[nH]c(cc1n2)c(C)c5C(C)OCC(C)C)c(C)c4C(C)OCC(C)C)C(C)=C3CCC(=O)NCCO. The second-order valence-electron chi connectivity index (χ2n) is 16.4. The van der Waals surface area contributed by atoms with Gasteiger partial charge in [-0.05, 0) is 124 Å². The number of aromatic amines is 2. The van der Waals surface area contributed by atoms with Gasteiger partial charge in [0.15, 0.2) is 0 Å². The highest BCUT2D eigenvalue weighted by atomic mass is 16.5. The molecule has 12 heteroatoms. The zero-order valence-electron chi connectivity index (χ0n) is 36.1. The van der Waals surface area contributed by atoms with Gasteiger partial charge in [-0.25, -0.2) is 9.97 Å². The third kappa shape index (κ3) is 10.5. The largest absolute Gasteiger partial charge is 0.395 e. The Hall–Kier alpha value is -4.62. The second-order valence-corrected chi connectivity index (χ2v) is 16.4. The van der Waals surface area contributed by atoms with Gasteiger partial charge >= 0.3 is 0 Å². The maximum Gasteiger partial charge on any atom is 0.220 e. The van der Waals surface area contributed by atoms with Crippen LogP contribution in [0.4, 0.5) is 0 Å². The molecule has 5 heterocycles. The minimum atomic E-state index is -0.209. The maximum atomic E-state index is 12.8. The number of aryl methyl sites for hydroxylation is 2. The minimum absolute atomic E-state index is 0.129. The monoisotopic (exact) mass is 796 g/mol. The van der Waals surface area contributed by atoms with Gasteiger partial charge < -0.3 is 40.3 Å². The number of nitrogens with one attached hydrogen (secondary N) is 4. The van der Waals surface area contributed by atoms with E-state index in [9.17, 15) is 19.8 Å². The summed E-state index contributed by atoms with van der Waals surface area (Å²) < 4.78 is 12.9. The van der Waals surface area contributed by atoms with Gasteiger partial charge in [0, 0.05) is 72.3 Å². The van der Waals surface area contributed by atoms with Crippen molar-refractivity contribution in [2.45, 2.75) is 107 Å². The van der Waals surface area contributed by atoms with Crippen LogP contribution in [-0.2, 0) is 19.1 Å². The van der Waals surface area contributed by atoms with Gasteiger partial charge in [0.1, 0.15) is 0 Å². The lowest BCUT2D eigenvalue weighted by molar-refractivity contribution is -0.121. The van der Waals surface area contributed by atoms with Gasteiger partial charge in [-0.2, -0.15) is 0 Å². The lowest BCUT2D eigenvalue weighted by atomic mass is 9.98. The van der Waals surface area contributed by atoms with Crippen LogP contribution in [0.5, 0.6) is 0 Å². The molecule has 12 nitrogen and oxygen atoms in total. The number of amides is 2. The molecule has 3 aromatic heterocycles. The molecule has 8 bridgehead atoms. The molecular formula is C46H64N6O6. The van der Waals surface area contributed by atoms with Crippen LogP contribution in [0.2, 0.25) is 0 Å². The van der Waals surface area contributed by atoms with E-state index in [1.807, 2.05) is 19.9 Å². The predicted octanol–water partition coefficient (Wildman–Crippen LogP) is 8.04. The number of carbonyl (C=O) groups is 2. The Labute approximate surface area is 343 Å². The first kappa shape index (κ1) is 44.5. The lowest BCUT2D eigenvalue weighted by Gasteiger charge is -2.16. The van der Waals surface area contributed by atoms with Gasteiger partial charge in [-0.1, -0.05) is 27.7 Å². The molecule has 58 heavy (non-hydrogen) atoms. The van der Waals surface area contributed by atoms with Crippen molar-refractivity contribution >= 4 is 56.2 Å². The van der Waals surface area contributed by atoms with Crippen LogP contribution in [-0.4, -0.2) is 81.5 Å². The standard InChI is InChI=1S/C46H64N6O6/c1-25(2)23-57-31(9)45-29(7)37-19-35-27(5)33(11-13-43(55)47-15-17-53)39(49-35)22-40-34(12-14-44(56)48-16-18-54)28(6)36(50-40)20-41-46(32(10)58-24-26(3)4)30(8)38(52-41)21-42(45)51-37/h19-22,25-26,31-32,51-54H,11-18,23-24H2,1-10H3,(H,47,55)(H,48,56). The number of aliphatic hydroxyl groups is 2. The van der Waals surface area contributed by atoms with E-state index in [-0.39, 0.29) is 63.2 Å². The highest BCUT2D eigenvalue weighted by molar-refractivity contribution is 5.97. The molecule has 0 spiro atoms. The van der Waals surface area contributed by atoms with Gasteiger partial charge in [0.05, 0.1) is 48.2 Å². The normalized spacial score (nSPS) is 14.2. The van der Waals surface area contributed by atoms with E-state index < -0.39 is 0 Å². The number of allylic oxidation sites excluding steroid dienone is 4. The average Bonchev–Trinajstić information content (AvgIpc) is 3.85. The van der Waals surface area contributed by atoms with E-state index in [2.05, 4.69) is 94.2 Å². The van der Waals surface area contributed by atoms with Gasteiger partial charge in [0.2, 0.25) is 11.8 Å². The third-order valence-corrected chi connectivity index (χ3v) is 10.9. The molecule has 2 unspecified atom stereocenters. The van der Waals surface area contributed by atoms with Crippen molar-refractivity contribution in [3.8, 4) is 0 Å². The van der Waals surface area contributed by atoms with Crippen molar-refractivity contribution in [2.75, 3.05) is 39.5 Å². The van der Waals surface area contributed by atoms with Crippen LogP contribution in [0.3, 0.4) is 0 Å². The summed E-state index contributed by atoms with van der Waals surface area (Å²) in [5.74, 6) is 0.437. The predicted molar refractivity (Wildman–Crippen MR) is 233 cm³/mol. The summed E-state index contributed by atoms with van der Waals surface area (Å²) in [5.41, 5.74) is 14.7. The minimum Gasteiger partial charge on any atom is -0.395 e. The van der Waals surface area contributed by atoms with Crippen molar-refractivity contribution in [3.05, 3.63) is 69.3 Å². The highest BCUT2D eigenvalue weighted by Gasteiger charge is 2.25. The Bertz CT molecular complexity index is 2210. The van der Waals surface area contributed by atoms with Crippen LogP contribution in [0, 0.1) is 25.7 Å². The maximum absolute atomic E-state index is 12.8. The molecule has 2 aliphatic rings. The molecule has 3 aromatic rings. The molecule has 314 valence electrons. The van der Waals surface area contributed by atoms with E-state index in [0.717, 1.165) is 78.0 Å². The van der Waals surface area contributed by atoms with E-state index in [1.54, 1.807) is 0 Å². The summed E-state index contributed by atoms with van der Waals surface area (Å²) in [6.45, 7) is 22.5. The fourth-order valence-corrected chi connectivity index (χ4v) is 7.71. The topological polar surface area (TPSA) is 174 Å². The first-order valence-electron chi connectivity index (χ1n) is 20.8. The van der Waals surface area contributed by atoms with Crippen LogP contribution < -0.4 is 10.6 Å². The highest BCUT2D eigenvalue weighted by Crippen LogP contribution is 2.39. The molecule has 2 amide bonds. The second kappa shape index (κ2) is 19.9. The van der Waals surface area contributed by atoms with E-state index in [4.69, 9.17) is 19.4 Å². The van der Waals surface area contributed by atoms with Gasteiger partial charge in [-0.15, -0.1) is 0 Å². The molecule has 2 aliphatic heterocycles. The quantitative estimate of drug-likeness (QED) is 0.0750. The Morgan fingerprint density at radius 2 is 1.00 bits per heavy atom. The Balaban J connectivity index is 1.84. The molecule has 0 saturated heterocycles. The van der Waals surface area contributed by atoms with Crippen molar-refractivity contribution in [1.82, 2.24) is 30.6 Å². The molecular weight excluding hydrogens is 733 g/mol. The molecule has 5 rings (SSSR count). The number of aromatic nitrogens is 4. The lowest BCUT2D eigenvalue weighted by Crippen LogP contribution is -2.26. The molecule has 6 N–H and O–H groups in total. The number of nitrogens with zero attached hydrogens (tertiary/aromatic N) is 2. The van der Waals surface area contributed by atoms with E-state index in [0.29, 0.717) is 49.3 Å². The van der Waals surface area contributed by atoms with Gasteiger partial charge in [-0.3, -0.25) is 9.59 Å².